The third-order valence-corrected chi connectivity index (χ3v) is 1.75. The minimum Gasteiger partial charge on any atom is -0.369 e. The van der Waals surface area contributed by atoms with Crippen molar-refractivity contribution in [2.75, 3.05) is 11.9 Å². The topological polar surface area (TPSA) is 37.8 Å². The van der Waals surface area contributed by atoms with Crippen molar-refractivity contribution >= 4 is 5.82 Å². The molecule has 1 heterocycles. The molecule has 0 atom stereocenters. The number of hydrogen-bond donors (Lipinski definition) is 1. The van der Waals surface area contributed by atoms with E-state index in [9.17, 15) is 0 Å². The molecule has 1 aromatic rings. The van der Waals surface area contributed by atoms with Crippen molar-refractivity contribution in [1.29, 1.82) is 0 Å². The summed E-state index contributed by atoms with van der Waals surface area (Å²) in [4.78, 5) is 8.60. The summed E-state index contributed by atoms with van der Waals surface area (Å²) in [5.74, 6) is 0.900. The maximum absolute atomic E-state index is 4.34. The molecule has 0 spiro atoms. The summed E-state index contributed by atoms with van der Waals surface area (Å²) < 4.78 is 0. The van der Waals surface area contributed by atoms with Gasteiger partial charge in [0.05, 0.1) is 5.69 Å². The lowest BCUT2D eigenvalue weighted by Crippen LogP contribution is -2.17. The van der Waals surface area contributed by atoms with Gasteiger partial charge in [-0.25, -0.2) is 4.98 Å². The van der Waals surface area contributed by atoms with E-state index < -0.39 is 0 Å². The number of hydrogen-bond acceptors (Lipinski definition) is 3. The molecule has 0 saturated heterocycles. The van der Waals surface area contributed by atoms with Crippen LogP contribution in [0.3, 0.4) is 0 Å². The normalized spacial score (nSPS) is 11.4. The number of anilines is 1. The maximum Gasteiger partial charge on any atom is 0.148 e. The second kappa shape index (κ2) is 3.73. The standard InChI is InChI=1S/C10H17N3/c1-5-11-9-8(10(2,3)4)12-6-7-13-9/h6-7H,5H2,1-4H3,(H,11,13). The Morgan fingerprint density at radius 1 is 1.23 bits per heavy atom. The molecule has 3 heteroatoms. The van der Waals surface area contributed by atoms with E-state index >= 15 is 0 Å². The van der Waals surface area contributed by atoms with Crippen LogP contribution in [0.4, 0.5) is 5.82 Å². The average molecular weight is 179 g/mol. The lowest BCUT2D eigenvalue weighted by molar-refractivity contribution is 0.567. The fraction of sp³-hybridized carbons (Fsp3) is 0.600. The molecular formula is C10H17N3. The smallest absolute Gasteiger partial charge is 0.148 e. The molecule has 0 aliphatic carbocycles. The van der Waals surface area contributed by atoms with Crippen LogP contribution in [0, 0.1) is 0 Å². The molecule has 0 radical (unpaired) electrons. The van der Waals surface area contributed by atoms with Crippen LogP contribution >= 0.6 is 0 Å². The van der Waals surface area contributed by atoms with Gasteiger partial charge in [0.2, 0.25) is 0 Å². The van der Waals surface area contributed by atoms with Crippen molar-refractivity contribution in [2.24, 2.45) is 0 Å². The predicted molar refractivity (Wildman–Crippen MR) is 54.9 cm³/mol. The molecule has 72 valence electrons. The first kappa shape index (κ1) is 9.96. The van der Waals surface area contributed by atoms with Crippen LogP contribution in [-0.2, 0) is 5.41 Å². The van der Waals surface area contributed by atoms with Crippen LogP contribution in [0.2, 0.25) is 0 Å². The molecule has 0 aromatic carbocycles. The summed E-state index contributed by atoms with van der Waals surface area (Å²) in [6.07, 6.45) is 3.45. The molecule has 0 aliphatic heterocycles. The van der Waals surface area contributed by atoms with Gasteiger partial charge in [-0.15, -0.1) is 0 Å². The number of aromatic nitrogens is 2. The van der Waals surface area contributed by atoms with Crippen molar-refractivity contribution in [1.82, 2.24) is 9.97 Å². The predicted octanol–water partition coefficient (Wildman–Crippen LogP) is 2.21. The van der Waals surface area contributed by atoms with Crippen LogP contribution in [0.15, 0.2) is 12.4 Å². The third kappa shape index (κ3) is 2.41. The fourth-order valence-corrected chi connectivity index (χ4v) is 1.18. The highest BCUT2D eigenvalue weighted by Crippen LogP contribution is 2.24. The van der Waals surface area contributed by atoms with Crippen LogP contribution in [0.1, 0.15) is 33.4 Å². The van der Waals surface area contributed by atoms with Crippen molar-refractivity contribution in [3.05, 3.63) is 18.1 Å². The first-order valence-corrected chi connectivity index (χ1v) is 4.61. The van der Waals surface area contributed by atoms with Crippen molar-refractivity contribution < 1.29 is 0 Å². The Bertz CT molecular complexity index is 276. The molecule has 13 heavy (non-hydrogen) atoms. The van der Waals surface area contributed by atoms with E-state index in [2.05, 4.69) is 43.0 Å². The van der Waals surface area contributed by atoms with E-state index in [1.54, 1.807) is 12.4 Å². The molecule has 1 aromatic heterocycles. The third-order valence-electron chi connectivity index (χ3n) is 1.75. The lowest BCUT2D eigenvalue weighted by Gasteiger charge is -2.20. The summed E-state index contributed by atoms with van der Waals surface area (Å²) >= 11 is 0. The van der Waals surface area contributed by atoms with Crippen molar-refractivity contribution in [2.45, 2.75) is 33.1 Å². The Hall–Kier alpha value is -1.12. The highest BCUT2D eigenvalue weighted by atomic mass is 15.0. The van der Waals surface area contributed by atoms with Crippen molar-refractivity contribution in [3.63, 3.8) is 0 Å². The van der Waals surface area contributed by atoms with Gasteiger partial charge in [-0.05, 0) is 6.92 Å². The van der Waals surface area contributed by atoms with Gasteiger partial charge < -0.3 is 5.32 Å². The number of nitrogens with zero attached hydrogens (tertiary/aromatic N) is 2. The Kier molecular flexibility index (Phi) is 2.86. The second-order valence-electron chi connectivity index (χ2n) is 4.03. The zero-order valence-electron chi connectivity index (χ0n) is 8.76. The molecule has 0 aliphatic rings. The summed E-state index contributed by atoms with van der Waals surface area (Å²) in [5, 5.41) is 3.21. The van der Waals surface area contributed by atoms with Crippen LogP contribution in [-0.4, -0.2) is 16.5 Å². The minimum absolute atomic E-state index is 0.0474. The zero-order valence-corrected chi connectivity index (χ0v) is 8.76. The van der Waals surface area contributed by atoms with Gasteiger partial charge in [0.1, 0.15) is 5.82 Å². The summed E-state index contributed by atoms with van der Waals surface area (Å²) in [7, 11) is 0. The fourth-order valence-electron chi connectivity index (χ4n) is 1.18. The van der Waals surface area contributed by atoms with Gasteiger partial charge in [0.15, 0.2) is 0 Å². The van der Waals surface area contributed by atoms with Crippen LogP contribution < -0.4 is 5.32 Å². The molecule has 0 amide bonds. The van der Waals surface area contributed by atoms with Crippen LogP contribution in [0.5, 0.6) is 0 Å². The highest BCUT2D eigenvalue weighted by Gasteiger charge is 2.19. The molecule has 1 rings (SSSR count). The first-order chi connectivity index (χ1) is 6.05. The monoisotopic (exact) mass is 179 g/mol. The van der Waals surface area contributed by atoms with Gasteiger partial charge in [0, 0.05) is 24.4 Å². The lowest BCUT2D eigenvalue weighted by atomic mass is 9.92. The minimum atomic E-state index is 0.0474. The largest absolute Gasteiger partial charge is 0.369 e. The quantitative estimate of drug-likeness (QED) is 0.756. The molecule has 3 nitrogen and oxygen atoms in total. The number of nitrogens with one attached hydrogen (secondary N) is 1. The molecule has 0 bridgehead atoms. The van der Waals surface area contributed by atoms with Crippen LogP contribution in [0.25, 0.3) is 0 Å². The van der Waals surface area contributed by atoms with Gasteiger partial charge in [-0.2, -0.15) is 0 Å². The molecule has 0 saturated carbocycles. The van der Waals surface area contributed by atoms with Gasteiger partial charge in [-0.1, -0.05) is 20.8 Å². The summed E-state index contributed by atoms with van der Waals surface area (Å²) in [6, 6.07) is 0. The van der Waals surface area contributed by atoms with Gasteiger partial charge in [-0.3, -0.25) is 4.98 Å². The van der Waals surface area contributed by atoms with E-state index in [-0.39, 0.29) is 5.41 Å². The molecule has 1 N–H and O–H groups in total. The maximum atomic E-state index is 4.34. The Morgan fingerprint density at radius 3 is 2.38 bits per heavy atom. The second-order valence-corrected chi connectivity index (χ2v) is 4.03. The van der Waals surface area contributed by atoms with E-state index in [1.165, 1.54) is 0 Å². The van der Waals surface area contributed by atoms with E-state index in [4.69, 9.17) is 0 Å². The Labute approximate surface area is 79.6 Å². The van der Waals surface area contributed by atoms with Crippen molar-refractivity contribution in [3.8, 4) is 0 Å². The summed E-state index contributed by atoms with van der Waals surface area (Å²) in [5.41, 5.74) is 1.07. The SMILES string of the molecule is CCNc1nccnc1C(C)(C)C. The average Bonchev–Trinajstić information content (AvgIpc) is 2.04. The van der Waals surface area contributed by atoms with E-state index in [0.717, 1.165) is 18.1 Å². The number of rotatable bonds is 2. The van der Waals surface area contributed by atoms with E-state index in [0.29, 0.717) is 0 Å². The van der Waals surface area contributed by atoms with Gasteiger partial charge in [0.25, 0.3) is 0 Å². The Morgan fingerprint density at radius 2 is 1.85 bits per heavy atom. The van der Waals surface area contributed by atoms with E-state index in [1.807, 2.05) is 0 Å². The molecule has 0 unspecified atom stereocenters. The summed E-state index contributed by atoms with van der Waals surface area (Å²) in [6.45, 7) is 9.34. The molecular weight excluding hydrogens is 162 g/mol. The first-order valence-electron chi connectivity index (χ1n) is 4.61. The zero-order chi connectivity index (χ0) is 9.90. The Balaban J connectivity index is 3.05. The van der Waals surface area contributed by atoms with Gasteiger partial charge >= 0.3 is 0 Å². The molecule has 0 fully saturated rings. The highest BCUT2D eigenvalue weighted by molar-refractivity contribution is 5.42.